The van der Waals surface area contributed by atoms with Crippen LogP contribution in [0.2, 0.25) is 0 Å². The molecule has 0 radical (unpaired) electrons. The number of methoxy groups -OCH3 is 3. The number of anilines is 1. The summed E-state index contributed by atoms with van der Waals surface area (Å²) in [5.41, 5.74) is 10.6. The summed E-state index contributed by atoms with van der Waals surface area (Å²) in [6, 6.07) is 9.08. The minimum Gasteiger partial charge on any atom is -0.493 e. The zero-order valence-corrected chi connectivity index (χ0v) is 16.5. The van der Waals surface area contributed by atoms with Crippen molar-refractivity contribution in [3.8, 4) is 17.2 Å². The molecular formula is C19H20N4O4S. The molecule has 0 aliphatic heterocycles. The Morgan fingerprint density at radius 2 is 1.89 bits per heavy atom. The number of nitrogens with zero attached hydrogens (tertiary/aromatic N) is 2. The molecule has 1 amide bonds. The maximum absolute atomic E-state index is 12.2. The van der Waals surface area contributed by atoms with Gasteiger partial charge in [-0.25, -0.2) is 10.4 Å². The predicted molar refractivity (Wildman–Crippen MR) is 110 cm³/mol. The number of carbonyl (C=O) groups is 1. The van der Waals surface area contributed by atoms with Gasteiger partial charge in [0.2, 0.25) is 11.7 Å². The quantitative estimate of drug-likeness (QED) is 0.466. The van der Waals surface area contributed by atoms with Gasteiger partial charge in [-0.3, -0.25) is 4.79 Å². The Hall–Kier alpha value is -3.33. The molecule has 8 nitrogen and oxygen atoms in total. The molecule has 0 saturated carbocycles. The molecule has 0 aliphatic rings. The maximum Gasteiger partial charge on any atom is 0.244 e. The van der Waals surface area contributed by atoms with Crippen LogP contribution in [0.25, 0.3) is 10.2 Å². The van der Waals surface area contributed by atoms with Gasteiger partial charge in [-0.2, -0.15) is 5.10 Å². The largest absolute Gasteiger partial charge is 0.493 e. The van der Waals surface area contributed by atoms with Gasteiger partial charge in [0.1, 0.15) is 0 Å². The summed E-state index contributed by atoms with van der Waals surface area (Å²) in [4.78, 5) is 16.4. The fraction of sp³-hybridized carbons (Fsp3) is 0.211. The third-order valence-electron chi connectivity index (χ3n) is 3.92. The summed E-state index contributed by atoms with van der Waals surface area (Å²) in [6.07, 6.45) is 1.70. The molecule has 3 N–H and O–H groups in total. The zero-order valence-electron chi connectivity index (χ0n) is 15.7. The number of aromatic nitrogens is 1. The van der Waals surface area contributed by atoms with Crippen LogP contribution in [-0.2, 0) is 11.2 Å². The topological polar surface area (TPSA) is 108 Å². The number of nitrogens with one attached hydrogen (secondary N) is 1. The highest BCUT2D eigenvalue weighted by Crippen LogP contribution is 2.37. The maximum atomic E-state index is 12.2. The fourth-order valence-corrected chi connectivity index (χ4v) is 3.47. The third-order valence-corrected chi connectivity index (χ3v) is 4.77. The number of fused-ring (bicyclic) bond motifs is 1. The second-order valence-electron chi connectivity index (χ2n) is 5.78. The second kappa shape index (κ2) is 8.57. The summed E-state index contributed by atoms with van der Waals surface area (Å²) in [6.45, 7) is 0. The van der Waals surface area contributed by atoms with E-state index in [2.05, 4.69) is 15.5 Å². The molecule has 0 saturated heterocycles. The van der Waals surface area contributed by atoms with E-state index in [1.165, 1.54) is 38.9 Å². The molecule has 146 valence electrons. The molecule has 0 bridgehead atoms. The number of hydrogen-bond acceptors (Lipinski definition) is 8. The number of carbonyl (C=O) groups excluding carboxylic acids is 1. The first-order valence-corrected chi connectivity index (χ1v) is 9.12. The van der Waals surface area contributed by atoms with Gasteiger partial charge in [0, 0.05) is 5.56 Å². The normalized spacial score (nSPS) is 11.0. The molecule has 0 atom stereocenters. The van der Waals surface area contributed by atoms with E-state index in [0.717, 1.165) is 15.8 Å². The van der Waals surface area contributed by atoms with Crippen molar-refractivity contribution in [1.82, 2.24) is 10.4 Å². The van der Waals surface area contributed by atoms with E-state index in [1.807, 2.05) is 18.2 Å². The molecule has 28 heavy (non-hydrogen) atoms. The predicted octanol–water partition coefficient (Wildman–Crippen LogP) is 2.60. The van der Waals surface area contributed by atoms with Crippen molar-refractivity contribution in [3.05, 3.63) is 41.5 Å². The Morgan fingerprint density at radius 1 is 1.18 bits per heavy atom. The number of ether oxygens (including phenoxy) is 3. The van der Waals surface area contributed by atoms with Crippen molar-refractivity contribution in [2.24, 2.45) is 5.10 Å². The lowest BCUT2D eigenvalue weighted by atomic mass is 10.1. The van der Waals surface area contributed by atoms with E-state index < -0.39 is 0 Å². The minimum atomic E-state index is -0.236. The first kappa shape index (κ1) is 19.4. The van der Waals surface area contributed by atoms with Gasteiger partial charge in [-0.1, -0.05) is 17.4 Å². The van der Waals surface area contributed by atoms with Crippen LogP contribution >= 0.6 is 11.3 Å². The average molecular weight is 400 g/mol. The number of thiazole rings is 1. The number of nitrogen functional groups attached to an aromatic ring is 1. The second-order valence-corrected chi connectivity index (χ2v) is 6.85. The van der Waals surface area contributed by atoms with Crippen LogP contribution in [0.1, 0.15) is 11.1 Å². The van der Waals surface area contributed by atoms with Crippen molar-refractivity contribution in [2.45, 2.75) is 6.42 Å². The van der Waals surface area contributed by atoms with E-state index in [4.69, 9.17) is 19.9 Å². The summed E-state index contributed by atoms with van der Waals surface area (Å²) in [7, 11) is 4.60. The smallest absolute Gasteiger partial charge is 0.244 e. The Kier molecular flexibility index (Phi) is 5.95. The van der Waals surface area contributed by atoms with Gasteiger partial charge in [-0.05, 0) is 29.8 Å². The third kappa shape index (κ3) is 4.32. The van der Waals surface area contributed by atoms with E-state index in [1.54, 1.807) is 12.1 Å². The van der Waals surface area contributed by atoms with E-state index in [-0.39, 0.29) is 12.3 Å². The lowest BCUT2D eigenvalue weighted by Gasteiger charge is -2.12. The summed E-state index contributed by atoms with van der Waals surface area (Å²) in [5, 5.41) is 4.51. The van der Waals surface area contributed by atoms with Crippen LogP contribution in [0.15, 0.2) is 35.4 Å². The summed E-state index contributed by atoms with van der Waals surface area (Å²) >= 11 is 1.39. The Bertz CT molecular complexity index is 1010. The summed E-state index contributed by atoms with van der Waals surface area (Å²) < 4.78 is 16.8. The minimum absolute atomic E-state index is 0.195. The highest BCUT2D eigenvalue weighted by molar-refractivity contribution is 7.22. The molecule has 9 heteroatoms. The standard InChI is InChI=1S/C19H20N4O4S/c1-25-14-6-12(7-15(26-2)18(14)27-3)10-21-23-17(24)9-11-4-5-13-16(8-11)28-19(20)22-13/h4-8,10H,9H2,1-3H3,(H2,20,22)(H,23,24)/b21-10-. The Morgan fingerprint density at radius 3 is 2.54 bits per heavy atom. The van der Waals surface area contributed by atoms with Gasteiger partial charge in [0.05, 0.1) is 44.2 Å². The van der Waals surface area contributed by atoms with Crippen molar-refractivity contribution >= 4 is 38.8 Å². The van der Waals surface area contributed by atoms with Crippen molar-refractivity contribution in [3.63, 3.8) is 0 Å². The first-order valence-electron chi connectivity index (χ1n) is 8.31. The molecule has 3 rings (SSSR count). The van der Waals surface area contributed by atoms with Crippen LogP contribution in [0, 0.1) is 0 Å². The molecule has 0 spiro atoms. The van der Waals surface area contributed by atoms with Gasteiger partial charge in [0.25, 0.3) is 0 Å². The number of benzene rings is 2. The van der Waals surface area contributed by atoms with Crippen LogP contribution in [-0.4, -0.2) is 38.4 Å². The van der Waals surface area contributed by atoms with Gasteiger partial charge < -0.3 is 19.9 Å². The van der Waals surface area contributed by atoms with Crippen molar-refractivity contribution in [2.75, 3.05) is 27.1 Å². The van der Waals surface area contributed by atoms with Gasteiger partial charge >= 0.3 is 0 Å². The highest BCUT2D eigenvalue weighted by atomic mass is 32.1. The molecule has 0 unspecified atom stereocenters. The first-order chi connectivity index (χ1) is 13.5. The van der Waals surface area contributed by atoms with Crippen molar-refractivity contribution < 1.29 is 19.0 Å². The van der Waals surface area contributed by atoms with Gasteiger partial charge in [0.15, 0.2) is 16.6 Å². The molecule has 0 fully saturated rings. The SMILES string of the molecule is COc1cc(/C=N\NC(=O)Cc2ccc3nc(N)sc3c2)cc(OC)c1OC. The number of amides is 1. The number of rotatable bonds is 7. The zero-order chi connectivity index (χ0) is 20.1. The van der Waals surface area contributed by atoms with E-state index >= 15 is 0 Å². The molecular weight excluding hydrogens is 380 g/mol. The van der Waals surface area contributed by atoms with Crippen LogP contribution < -0.4 is 25.4 Å². The average Bonchev–Trinajstić information content (AvgIpc) is 3.06. The van der Waals surface area contributed by atoms with Crippen molar-refractivity contribution in [1.29, 1.82) is 0 Å². The fourth-order valence-electron chi connectivity index (χ4n) is 2.68. The van der Waals surface area contributed by atoms with E-state index in [0.29, 0.717) is 27.9 Å². The molecule has 0 aliphatic carbocycles. The number of hydrogen-bond donors (Lipinski definition) is 2. The lowest BCUT2D eigenvalue weighted by molar-refractivity contribution is -0.120. The van der Waals surface area contributed by atoms with Crippen LogP contribution in [0.3, 0.4) is 0 Å². The number of nitrogens with two attached hydrogens (primary N) is 1. The lowest BCUT2D eigenvalue weighted by Crippen LogP contribution is -2.19. The molecule has 1 heterocycles. The molecule has 1 aromatic heterocycles. The monoisotopic (exact) mass is 400 g/mol. The van der Waals surface area contributed by atoms with Gasteiger partial charge in [-0.15, -0.1) is 0 Å². The highest BCUT2D eigenvalue weighted by Gasteiger charge is 2.12. The Labute approximate surface area is 165 Å². The van der Waals surface area contributed by atoms with E-state index in [9.17, 15) is 4.79 Å². The number of hydrazone groups is 1. The molecule has 3 aromatic rings. The van der Waals surface area contributed by atoms with Crippen LogP contribution in [0.4, 0.5) is 5.13 Å². The summed E-state index contributed by atoms with van der Waals surface area (Å²) in [5.74, 6) is 1.27. The Balaban J connectivity index is 1.67. The molecule has 2 aromatic carbocycles. The van der Waals surface area contributed by atoms with Crippen LogP contribution in [0.5, 0.6) is 17.2 Å².